The maximum Gasteiger partial charge on any atom is 0.354 e. The lowest BCUT2D eigenvalue weighted by Gasteiger charge is -2.15. The molecular weight excluding hydrogens is 206 g/mol. The fraction of sp³-hybridized carbons (Fsp3) is 0.375. The second kappa shape index (κ2) is 4.34. The first kappa shape index (κ1) is 12.8. The SMILES string of the molecule is CC(C)(N)c1nccc(C(=O)O)n1.Cl. The van der Waals surface area contributed by atoms with Crippen molar-refractivity contribution in [1.82, 2.24) is 9.97 Å². The van der Waals surface area contributed by atoms with Crippen LogP contribution in [0.1, 0.15) is 30.2 Å². The van der Waals surface area contributed by atoms with E-state index in [2.05, 4.69) is 9.97 Å². The Morgan fingerprint density at radius 3 is 2.57 bits per heavy atom. The minimum absolute atomic E-state index is 0. The van der Waals surface area contributed by atoms with E-state index in [1.165, 1.54) is 12.3 Å². The maximum absolute atomic E-state index is 10.5. The molecule has 0 unspecified atom stereocenters. The lowest BCUT2D eigenvalue weighted by Crippen LogP contribution is -2.31. The number of nitrogens with zero attached hydrogens (tertiary/aromatic N) is 2. The smallest absolute Gasteiger partial charge is 0.354 e. The lowest BCUT2D eigenvalue weighted by atomic mass is 10.1. The average molecular weight is 218 g/mol. The van der Waals surface area contributed by atoms with E-state index in [4.69, 9.17) is 10.8 Å². The molecule has 0 bridgehead atoms. The van der Waals surface area contributed by atoms with Crippen molar-refractivity contribution >= 4 is 18.4 Å². The zero-order valence-corrected chi connectivity index (χ0v) is 8.71. The van der Waals surface area contributed by atoms with Gasteiger partial charge in [0.25, 0.3) is 0 Å². The number of carbonyl (C=O) groups is 1. The molecule has 0 aliphatic rings. The van der Waals surface area contributed by atoms with Gasteiger partial charge in [0, 0.05) is 6.20 Å². The highest BCUT2D eigenvalue weighted by molar-refractivity contribution is 5.85. The molecule has 1 aromatic heterocycles. The van der Waals surface area contributed by atoms with Gasteiger partial charge >= 0.3 is 5.97 Å². The quantitative estimate of drug-likeness (QED) is 0.765. The van der Waals surface area contributed by atoms with Crippen LogP contribution in [0.3, 0.4) is 0 Å². The van der Waals surface area contributed by atoms with Crippen LogP contribution in [-0.4, -0.2) is 21.0 Å². The van der Waals surface area contributed by atoms with Gasteiger partial charge < -0.3 is 10.8 Å². The summed E-state index contributed by atoms with van der Waals surface area (Å²) in [5.41, 5.74) is 4.95. The summed E-state index contributed by atoms with van der Waals surface area (Å²) >= 11 is 0. The lowest BCUT2D eigenvalue weighted by molar-refractivity contribution is 0.0689. The van der Waals surface area contributed by atoms with Crippen LogP contribution in [0.15, 0.2) is 12.3 Å². The third kappa shape index (κ3) is 2.93. The summed E-state index contributed by atoms with van der Waals surface area (Å²) in [6.45, 7) is 3.43. The van der Waals surface area contributed by atoms with Crippen LogP contribution in [0.5, 0.6) is 0 Å². The van der Waals surface area contributed by atoms with Gasteiger partial charge in [-0.1, -0.05) is 0 Å². The molecule has 1 heterocycles. The van der Waals surface area contributed by atoms with Crippen molar-refractivity contribution in [3.05, 3.63) is 23.8 Å². The topological polar surface area (TPSA) is 89.1 Å². The molecule has 3 N–H and O–H groups in total. The van der Waals surface area contributed by atoms with Crippen LogP contribution >= 0.6 is 12.4 Å². The van der Waals surface area contributed by atoms with E-state index >= 15 is 0 Å². The second-order valence-corrected chi connectivity index (χ2v) is 3.29. The predicted octanol–water partition coefficient (Wildman–Crippen LogP) is 0.790. The van der Waals surface area contributed by atoms with Crippen molar-refractivity contribution in [2.75, 3.05) is 0 Å². The Labute approximate surface area is 87.8 Å². The summed E-state index contributed by atoms with van der Waals surface area (Å²) in [4.78, 5) is 18.3. The molecule has 0 saturated heterocycles. The van der Waals surface area contributed by atoms with Gasteiger partial charge in [0.05, 0.1) is 5.54 Å². The van der Waals surface area contributed by atoms with Gasteiger partial charge in [-0.25, -0.2) is 14.8 Å². The Kier molecular flexibility index (Phi) is 3.97. The third-order valence-electron chi connectivity index (χ3n) is 1.45. The molecule has 0 fully saturated rings. The number of carboxylic acid groups (broad SMARTS) is 1. The zero-order valence-electron chi connectivity index (χ0n) is 7.89. The monoisotopic (exact) mass is 217 g/mol. The fourth-order valence-corrected chi connectivity index (χ4v) is 0.788. The predicted molar refractivity (Wildman–Crippen MR) is 53.5 cm³/mol. The van der Waals surface area contributed by atoms with Gasteiger partial charge in [-0.15, -0.1) is 12.4 Å². The number of carboxylic acids is 1. The van der Waals surface area contributed by atoms with E-state index in [1.807, 2.05) is 0 Å². The molecule has 0 radical (unpaired) electrons. The second-order valence-electron chi connectivity index (χ2n) is 3.29. The molecule has 0 amide bonds. The van der Waals surface area contributed by atoms with Crippen LogP contribution in [-0.2, 0) is 5.54 Å². The Hall–Kier alpha value is -1.20. The van der Waals surface area contributed by atoms with Gasteiger partial charge in [-0.3, -0.25) is 0 Å². The van der Waals surface area contributed by atoms with Crippen LogP contribution in [0, 0.1) is 0 Å². The molecule has 1 aromatic rings. The van der Waals surface area contributed by atoms with E-state index in [1.54, 1.807) is 13.8 Å². The summed E-state index contributed by atoms with van der Waals surface area (Å²) in [6, 6.07) is 1.33. The first-order valence-electron chi connectivity index (χ1n) is 3.77. The molecule has 0 aromatic carbocycles. The van der Waals surface area contributed by atoms with Crippen molar-refractivity contribution in [2.24, 2.45) is 5.73 Å². The van der Waals surface area contributed by atoms with Crippen LogP contribution in [0.2, 0.25) is 0 Å². The highest BCUT2D eigenvalue weighted by Gasteiger charge is 2.19. The molecule has 5 nitrogen and oxygen atoms in total. The molecule has 0 aliphatic heterocycles. The number of halogens is 1. The maximum atomic E-state index is 10.5. The highest BCUT2D eigenvalue weighted by atomic mass is 35.5. The molecule has 0 saturated carbocycles. The van der Waals surface area contributed by atoms with Crippen molar-refractivity contribution in [3.8, 4) is 0 Å². The van der Waals surface area contributed by atoms with E-state index in [-0.39, 0.29) is 18.1 Å². The first-order valence-corrected chi connectivity index (χ1v) is 3.77. The van der Waals surface area contributed by atoms with Gasteiger partial charge in [0.2, 0.25) is 0 Å². The van der Waals surface area contributed by atoms with Gasteiger partial charge in [-0.05, 0) is 19.9 Å². The number of rotatable bonds is 2. The molecule has 6 heteroatoms. The Morgan fingerprint density at radius 1 is 1.57 bits per heavy atom. The summed E-state index contributed by atoms with van der Waals surface area (Å²) in [7, 11) is 0. The molecule has 1 rings (SSSR count). The van der Waals surface area contributed by atoms with Crippen molar-refractivity contribution in [1.29, 1.82) is 0 Å². The Bertz CT molecular complexity index is 336. The number of aromatic nitrogens is 2. The molecule has 14 heavy (non-hydrogen) atoms. The Morgan fingerprint density at radius 2 is 2.14 bits per heavy atom. The Balaban J connectivity index is 0.00000169. The largest absolute Gasteiger partial charge is 0.477 e. The van der Waals surface area contributed by atoms with E-state index < -0.39 is 11.5 Å². The average Bonchev–Trinajstić information content (AvgIpc) is 2.03. The van der Waals surface area contributed by atoms with E-state index in [0.29, 0.717) is 5.82 Å². The number of nitrogens with two attached hydrogens (primary N) is 1. The first-order chi connectivity index (χ1) is 5.91. The summed E-state index contributed by atoms with van der Waals surface area (Å²) in [5, 5.41) is 8.64. The molecule has 0 aliphatic carbocycles. The van der Waals surface area contributed by atoms with Gasteiger partial charge in [0.1, 0.15) is 5.82 Å². The third-order valence-corrected chi connectivity index (χ3v) is 1.45. The van der Waals surface area contributed by atoms with E-state index in [9.17, 15) is 4.79 Å². The number of aromatic carboxylic acids is 1. The number of hydrogen-bond acceptors (Lipinski definition) is 4. The molecular formula is C8H12ClN3O2. The van der Waals surface area contributed by atoms with Crippen LogP contribution in [0.4, 0.5) is 0 Å². The minimum Gasteiger partial charge on any atom is -0.477 e. The molecule has 0 atom stereocenters. The highest BCUT2D eigenvalue weighted by Crippen LogP contribution is 2.10. The van der Waals surface area contributed by atoms with E-state index in [0.717, 1.165) is 0 Å². The van der Waals surface area contributed by atoms with Crippen LogP contribution in [0.25, 0.3) is 0 Å². The molecule has 0 spiro atoms. The number of hydrogen-bond donors (Lipinski definition) is 2. The van der Waals surface area contributed by atoms with Gasteiger partial charge in [-0.2, -0.15) is 0 Å². The minimum atomic E-state index is -1.08. The standard InChI is InChI=1S/C8H11N3O2.ClH/c1-8(2,9)7-10-4-3-5(11-7)6(12)13;/h3-4H,9H2,1-2H3,(H,12,13);1H. The summed E-state index contributed by atoms with van der Waals surface area (Å²) in [5.74, 6) is -0.750. The fourth-order valence-electron chi connectivity index (χ4n) is 0.788. The normalized spacial score (nSPS) is 10.5. The van der Waals surface area contributed by atoms with Crippen molar-refractivity contribution in [3.63, 3.8) is 0 Å². The summed E-state index contributed by atoms with van der Waals surface area (Å²) < 4.78 is 0. The zero-order chi connectivity index (χ0) is 10.1. The van der Waals surface area contributed by atoms with Crippen molar-refractivity contribution < 1.29 is 9.90 Å². The van der Waals surface area contributed by atoms with Gasteiger partial charge in [0.15, 0.2) is 5.69 Å². The van der Waals surface area contributed by atoms with Crippen LogP contribution < -0.4 is 5.73 Å². The summed E-state index contributed by atoms with van der Waals surface area (Å²) in [6.07, 6.45) is 1.39. The van der Waals surface area contributed by atoms with Crippen molar-refractivity contribution in [2.45, 2.75) is 19.4 Å². The molecule has 78 valence electrons.